The molecule has 0 saturated carbocycles. The van der Waals surface area contributed by atoms with Crippen LogP contribution in [0.5, 0.6) is 0 Å². The molecule has 0 radical (unpaired) electrons. The Labute approximate surface area is 265 Å². The Balaban J connectivity index is 1.13. The molecule has 0 aliphatic heterocycles. The van der Waals surface area contributed by atoms with Crippen molar-refractivity contribution in [3.8, 4) is 33.4 Å². The first kappa shape index (κ1) is 25.2. The highest BCUT2D eigenvalue weighted by Gasteiger charge is 2.16. The highest BCUT2D eigenvalue weighted by molar-refractivity contribution is 6.16. The monoisotopic (exact) mass is 585 g/mol. The van der Waals surface area contributed by atoms with Gasteiger partial charge in [-0.3, -0.25) is 0 Å². The summed E-state index contributed by atoms with van der Waals surface area (Å²) in [5.74, 6) is 0. The van der Waals surface area contributed by atoms with E-state index >= 15 is 0 Å². The fraction of sp³-hybridized carbons (Fsp3) is 0. The minimum atomic E-state index is 0.918. The maximum absolute atomic E-state index is 6.39. The van der Waals surface area contributed by atoms with Crippen molar-refractivity contribution < 1.29 is 4.42 Å². The highest BCUT2D eigenvalue weighted by atomic mass is 16.3. The van der Waals surface area contributed by atoms with Crippen LogP contribution in [-0.2, 0) is 0 Å². The third-order valence-corrected chi connectivity index (χ3v) is 9.60. The molecule has 0 spiro atoms. The largest absolute Gasteiger partial charge is 0.455 e. The number of hydrogen-bond acceptors (Lipinski definition) is 1. The van der Waals surface area contributed by atoms with Crippen molar-refractivity contribution in [1.29, 1.82) is 0 Å². The second-order valence-corrected chi connectivity index (χ2v) is 12.2. The van der Waals surface area contributed by atoms with E-state index in [1.54, 1.807) is 0 Å². The Morgan fingerprint density at radius 1 is 0.370 bits per heavy atom. The van der Waals surface area contributed by atoms with E-state index < -0.39 is 0 Å². The molecular formula is C44H27NO. The number of aromatic nitrogens is 1. The molecule has 0 amide bonds. The Kier molecular flexibility index (Phi) is 5.31. The second-order valence-electron chi connectivity index (χ2n) is 12.2. The van der Waals surface area contributed by atoms with Crippen LogP contribution in [0.1, 0.15) is 0 Å². The van der Waals surface area contributed by atoms with Crippen molar-refractivity contribution in [1.82, 2.24) is 4.98 Å². The van der Waals surface area contributed by atoms with E-state index in [2.05, 4.69) is 151 Å². The van der Waals surface area contributed by atoms with Crippen molar-refractivity contribution in [3.05, 3.63) is 158 Å². The van der Waals surface area contributed by atoms with Gasteiger partial charge in [-0.2, -0.15) is 0 Å². The molecule has 2 heterocycles. The van der Waals surface area contributed by atoms with Crippen LogP contribution in [0.3, 0.4) is 0 Å². The van der Waals surface area contributed by atoms with Gasteiger partial charge < -0.3 is 9.40 Å². The van der Waals surface area contributed by atoms with Crippen LogP contribution in [-0.4, -0.2) is 4.98 Å². The van der Waals surface area contributed by atoms with Crippen LogP contribution in [0, 0.1) is 0 Å². The minimum Gasteiger partial charge on any atom is -0.455 e. The number of fused-ring (bicyclic) bond motifs is 9. The predicted octanol–water partition coefficient (Wildman–Crippen LogP) is 12.5. The maximum Gasteiger partial charge on any atom is 0.143 e. The lowest BCUT2D eigenvalue weighted by Crippen LogP contribution is -1.86. The number of para-hydroxylation sites is 3. The quantitative estimate of drug-likeness (QED) is 0.205. The maximum atomic E-state index is 6.39. The van der Waals surface area contributed by atoms with Gasteiger partial charge in [-0.05, 0) is 74.1 Å². The van der Waals surface area contributed by atoms with E-state index in [9.17, 15) is 0 Å². The summed E-state index contributed by atoms with van der Waals surface area (Å²) in [6.45, 7) is 0. The Bertz CT molecular complexity index is 2810. The van der Waals surface area contributed by atoms with Gasteiger partial charge in [-0.15, -0.1) is 0 Å². The summed E-state index contributed by atoms with van der Waals surface area (Å²) < 4.78 is 6.39. The van der Waals surface area contributed by atoms with Crippen molar-refractivity contribution in [2.24, 2.45) is 0 Å². The van der Waals surface area contributed by atoms with Crippen LogP contribution in [0.15, 0.2) is 162 Å². The van der Waals surface area contributed by atoms with E-state index in [1.165, 1.54) is 54.6 Å². The van der Waals surface area contributed by atoms with Gasteiger partial charge in [0.15, 0.2) is 0 Å². The number of benzene rings is 8. The summed E-state index contributed by atoms with van der Waals surface area (Å²) in [6, 6.07) is 56.8. The SMILES string of the molecule is c1cc(-c2cc3ccccc3c3ccccc23)cc(-c2cccc3c2[nH]c2ccc(-c4cccc5c4oc4ccccc45)cc23)c1. The van der Waals surface area contributed by atoms with Crippen LogP contribution < -0.4 is 0 Å². The van der Waals surface area contributed by atoms with Gasteiger partial charge in [0.25, 0.3) is 0 Å². The summed E-state index contributed by atoms with van der Waals surface area (Å²) in [5, 5.41) is 9.82. The average Bonchev–Trinajstić information content (AvgIpc) is 3.69. The number of rotatable bonds is 3. The van der Waals surface area contributed by atoms with E-state index in [-0.39, 0.29) is 0 Å². The molecule has 2 heteroatoms. The second kappa shape index (κ2) is 9.69. The summed E-state index contributed by atoms with van der Waals surface area (Å²) in [4.78, 5) is 3.77. The van der Waals surface area contributed by atoms with E-state index in [0.717, 1.165) is 44.1 Å². The molecule has 2 aromatic heterocycles. The molecule has 2 nitrogen and oxygen atoms in total. The molecule has 10 aromatic rings. The number of furan rings is 1. The number of hydrogen-bond donors (Lipinski definition) is 1. The molecule has 0 aliphatic rings. The molecule has 10 rings (SSSR count). The van der Waals surface area contributed by atoms with Crippen LogP contribution in [0.25, 0.3) is 98.7 Å². The van der Waals surface area contributed by atoms with Gasteiger partial charge in [0.1, 0.15) is 11.2 Å². The zero-order chi connectivity index (χ0) is 30.2. The lowest BCUT2D eigenvalue weighted by atomic mass is 9.91. The first-order chi connectivity index (χ1) is 22.8. The lowest BCUT2D eigenvalue weighted by molar-refractivity contribution is 0.670. The summed E-state index contributed by atoms with van der Waals surface area (Å²) in [7, 11) is 0. The Morgan fingerprint density at radius 2 is 1.02 bits per heavy atom. The molecule has 0 atom stereocenters. The highest BCUT2D eigenvalue weighted by Crippen LogP contribution is 2.41. The summed E-state index contributed by atoms with van der Waals surface area (Å²) in [6.07, 6.45) is 0. The molecule has 0 fully saturated rings. The van der Waals surface area contributed by atoms with E-state index in [1.807, 2.05) is 12.1 Å². The Morgan fingerprint density at radius 3 is 1.91 bits per heavy atom. The molecule has 0 saturated heterocycles. The van der Waals surface area contributed by atoms with E-state index in [0.29, 0.717) is 0 Å². The zero-order valence-corrected chi connectivity index (χ0v) is 24.9. The molecule has 8 aromatic carbocycles. The van der Waals surface area contributed by atoms with Gasteiger partial charge in [0.2, 0.25) is 0 Å². The third-order valence-electron chi connectivity index (χ3n) is 9.60. The zero-order valence-electron chi connectivity index (χ0n) is 24.9. The first-order valence-electron chi connectivity index (χ1n) is 15.8. The van der Waals surface area contributed by atoms with Gasteiger partial charge in [0, 0.05) is 38.2 Å². The first-order valence-corrected chi connectivity index (χ1v) is 15.8. The number of nitrogens with one attached hydrogen (secondary N) is 1. The molecule has 0 unspecified atom stereocenters. The van der Waals surface area contributed by atoms with Crippen molar-refractivity contribution in [2.45, 2.75) is 0 Å². The average molecular weight is 586 g/mol. The van der Waals surface area contributed by atoms with Gasteiger partial charge >= 0.3 is 0 Å². The third kappa shape index (κ3) is 3.71. The normalized spacial score (nSPS) is 11.9. The van der Waals surface area contributed by atoms with Gasteiger partial charge in [-0.25, -0.2) is 0 Å². The predicted molar refractivity (Wildman–Crippen MR) is 194 cm³/mol. The fourth-order valence-electron chi connectivity index (χ4n) is 7.45. The lowest BCUT2D eigenvalue weighted by Gasteiger charge is -2.12. The molecule has 1 N–H and O–H groups in total. The smallest absolute Gasteiger partial charge is 0.143 e. The molecular weight excluding hydrogens is 558 g/mol. The molecule has 46 heavy (non-hydrogen) atoms. The van der Waals surface area contributed by atoms with Gasteiger partial charge in [0.05, 0.1) is 5.52 Å². The van der Waals surface area contributed by atoms with Gasteiger partial charge in [-0.1, -0.05) is 127 Å². The Hall–Kier alpha value is -6.12. The number of aromatic amines is 1. The standard InChI is InChI=1S/C44H27NO/c1-2-13-31-29(10-1)25-39(35-15-4-3-14-34(31)35)28-12-7-11-27(24-28)32-17-8-19-37-40-26-30(22-23-41(40)45-43(32)37)33-18-9-20-38-36-16-5-6-21-42(36)46-44(33)38/h1-26,45H. The molecule has 0 bridgehead atoms. The van der Waals surface area contributed by atoms with E-state index in [4.69, 9.17) is 4.42 Å². The van der Waals surface area contributed by atoms with Crippen molar-refractivity contribution >= 4 is 65.3 Å². The number of H-pyrrole nitrogens is 1. The molecule has 0 aliphatic carbocycles. The minimum absolute atomic E-state index is 0.918. The fourth-order valence-corrected chi connectivity index (χ4v) is 7.45. The van der Waals surface area contributed by atoms with Crippen LogP contribution in [0.4, 0.5) is 0 Å². The summed E-state index contributed by atoms with van der Waals surface area (Å²) >= 11 is 0. The van der Waals surface area contributed by atoms with Crippen LogP contribution in [0.2, 0.25) is 0 Å². The molecule has 214 valence electrons. The van der Waals surface area contributed by atoms with Crippen LogP contribution >= 0.6 is 0 Å². The van der Waals surface area contributed by atoms with Crippen molar-refractivity contribution in [3.63, 3.8) is 0 Å². The topological polar surface area (TPSA) is 28.9 Å². The summed E-state index contributed by atoms with van der Waals surface area (Å²) in [5.41, 5.74) is 11.2. The van der Waals surface area contributed by atoms with Crippen molar-refractivity contribution in [2.75, 3.05) is 0 Å².